The molecule has 116 valence electrons. The van der Waals surface area contributed by atoms with Gasteiger partial charge in [-0.15, -0.1) is 13.2 Å². The number of hydrogen-bond acceptors (Lipinski definition) is 2. The molecule has 0 unspecified atom stereocenters. The highest BCUT2D eigenvalue weighted by molar-refractivity contribution is 5.78. The molecule has 0 aromatic heterocycles. The highest BCUT2D eigenvalue weighted by Crippen LogP contribution is 2.27. The third-order valence-electron chi connectivity index (χ3n) is 3.66. The van der Waals surface area contributed by atoms with Gasteiger partial charge < -0.3 is 9.64 Å². The Morgan fingerprint density at radius 3 is 2.33 bits per heavy atom. The van der Waals surface area contributed by atoms with Crippen LogP contribution in [-0.4, -0.2) is 24.2 Å². The van der Waals surface area contributed by atoms with Crippen molar-refractivity contribution in [3.63, 3.8) is 0 Å². The van der Waals surface area contributed by atoms with E-state index in [1.807, 2.05) is 0 Å². The second kappa shape index (κ2) is 6.37. The Kier molecular flexibility index (Phi) is 4.75. The van der Waals surface area contributed by atoms with Gasteiger partial charge in [-0.3, -0.25) is 4.79 Å². The summed E-state index contributed by atoms with van der Waals surface area (Å²) < 4.78 is 40.0. The lowest BCUT2D eigenvalue weighted by Gasteiger charge is -2.21. The number of hydrogen-bond donors (Lipinski definition) is 0. The van der Waals surface area contributed by atoms with E-state index in [9.17, 15) is 18.0 Å². The van der Waals surface area contributed by atoms with Crippen LogP contribution in [0.4, 0.5) is 13.2 Å². The molecular weight excluding hydrogens is 283 g/mol. The first-order valence-electron chi connectivity index (χ1n) is 6.95. The molecule has 0 aliphatic heterocycles. The van der Waals surface area contributed by atoms with Crippen molar-refractivity contribution in [2.24, 2.45) is 5.92 Å². The second-order valence-corrected chi connectivity index (χ2v) is 5.37. The molecule has 0 radical (unpaired) electrons. The Morgan fingerprint density at radius 1 is 1.24 bits per heavy atom. The standard InChI is InChI=1S/C15H18F3NO2/c1-19(14(20)12-4-2-3-5-12)10-11-6-8-13(9-7-11)21-15(16,17)18/h6-9,12H,2-5,10H2,1H3. The summed E-state index contributed by atoms with van der Waals surface area (Å²) in [4.78, 5) is 13.8. The van der Waals surface area contributed by atoms with Gasteiger partial charge in [0.1, 0.15) is 5.75 Å². The third-order valence-corrected chi connectivity index (χ3v) is 3.66. The molecule has 1 aliphatic rings. The number of halogens is 3. The number of benzene rings is 1. The van der Waals surface area contributed by atoms with Gasteiger partial charge in [0.25, 0.3) is 0 Å². The third kappa shape index (κ3) is 4.65. The molecule has 6 heteroatoms. The minimum absolute atomic E-state index is 0.0998. The lowest BCUT2D eigenvalue weighted by molar-refractivity contribution is -0.274. The monoisotopic (exact) mass is 301 g/mol. The number of rotatable bonds is 4. The van der Waals surface area contributed by atoms with Crippen molar-refractivity contribution in [3.05, 3.63) is 29.8 Å². The molecule has 1 saturated carbocycles. The summed E-state index contributed by atoms with van der Waals surface area (Å²) in [6.45, 7) is 0.391. The lowest BCUT2D eigenvalue weighted by Crippen LogP contribution is -2.31. The highest BCUT2D eigenvalue weighted by atomic mass is 19.4. The van der Waals surface area contributed by atoms with Crippen molar-refractivity contribution in [1.82, 2.24) is 4.90 Å². The van der Waals surface area contributed by atoms with Gasteiger partial charge in [0, 0.05) is 19.5 Å². The number of ether oxygens (including phenoxy) is 1. The SMILES string of the molecule is CN(Cc1ccc(OC(F)(F)F)cc1)C(=O)C1CCCC1. The van der Waals surface area contributed by atoms with Crippen LogP contribution in [0, 0.1) is 5.92 Å². The zero-order chi connectivity index (χ0) is 15.5. The zero-order valence-corrected chi connectivity index (χ0v) is 11.8. The number of alkyl halides is 3. The number of nitrogens with zero attached hydrogens (tertiary/aromatic N) is 1. The molecule has 0 N–H and O–H groups in total. The van der Waals surface area contributed by atoms with Crippen LogP contribution in [0.15, 0.2) is 24.3 Å². The van der Waals surface area contributed by atoms with Gasteiger partial charge in [-0.2, -0.15) is 0 Å². The Morgan fingerprint density at radius 2 is 1.81 bits per heavy atom. The van der Waals surface area contributed by atoms with Gasteiger partial charge in [0.15, 0.2) is 0 Å². The van der Waals surface area contributed by atoms with Gasteiger partial charge in [-0.05, 0) is 30.5 Å². The summed E-state index contributed by atoms with van der Waals surface area (Å²) in [6, 6.07) is 5.60. The van der Waals surface area contributed by atoms with Crippen LogP contribution in [0.1, 0.15) is 31.2 Å². The van der Waals surface area contributed by atoms with Crippen molar-refractivity contribution in [2.75, 3.05) is 7.05 Å². The second-order valence-electron chi connectivity index (χ2n) is 5.37. The zero-order valence-electron chi connectivity index (χ0n) is 11.8. The summed E-state index contributed by atoms with van der Waals surface area (Å²) in [5, 5.41) is 0. The van der Waals surface area contributed by atoms with E-state index in [0.29, 0.717) is 6.54 Å². The van der Waals surface area contributed by atoms with Gasteiger partial charge in [0.05, 0.1) is 0 Å². The minimum Gasteiger partial charge on any atom is -0.406 e. The fraction of sp³-hybridized carbons (Fsp3) is 0.533. The fourth-order valence-corrected chi connectivity index (χ4v) is 2.63. The molecule has 1 amide bonds. The molecule has 0 spiro atoms. The first-order valence-corrected chi connectivity index (χ1v) is 6.95. The molecule has 2 rings (SSSR count). The topological polar surface area (TPSA) is 29.5 Å². The lowest BCUT2D eigenvalue weighted by atomic mass is 10.1. The Balaban J connectivity index is 1.91. The first-order chi connectivity index (χ1) is 9.85. The molecule has 0 heterocycles. The molecule has 1 aliphatic carbocycles. The van der Waals surface area contributed by atoms with E-state index in [4.69, 9.17) is 0 Å². The predicted octanol–water partition coefficient (Wildman–Crippen LogP) is 3.73. The molecular formula is C15H18F3NO2. The van der Waals surface area contributed by atoms with Crippen LogP contribution in [0.3, 0.4) is 0 Å². The summed E-state index contributed by atoms with van der Waals surface area (Å²) in [5.74, 6) is -0.0398. The Labute approximate surface area is 121 Å². The number of amides is 1. The normalized spacial score (nSPS) is 16.0. The smallest absolute Gasteiger partial charge is 0.406 e. The van der Waals surface area contributed by atoms with Crippen LogP contribution in [0.25, 0.3) is 0 Å². The van der Waals surface area contributed by atoms with E-state index in [2.05, 4.69) is 4.74 Å². The molecule has 0 saturated heterocycles. The largest absolute Gasteiger partial charge is 0.573 e. The van der Waals surface area contributed by atoms with Crippen LogP contribution in [0.5, 0.6) is 5.75 Å². The van der Waals surface area contributed by atoms with Crippen LogP contribution >= 0.6 is 0 Å². The summed E-state index contributed by atoms with van der Waals surface area (Å²) in [5.41, 5.74) is 0.776. The number of carbonyl (C=O) groups is 1. The summed E-state index contributed by atoms with van der Waals surface area (Å²) in [7, 11) is 1.72. The quantitative estimate of drug-likeness (QED) is 0.848. The van der Waals surface area contributed by atoms with E-state index in [1.54, 1.807) is 24.1 Å². The molecule has 0 bridgehead atoms. The molecule has 0 atom stereocenters. The Hall–Kier alpha value is -1.72. The average molecular weight is 301 g/mol. The van der Waals surface area contributed by atoms with Crippen molar-refractivity contribution in [3.8, 4) is 5.75 Å². The van der Waals surface area contributed by atoms with Crippen molar-refractivity contribution in [1.29, 1.82) is 0 Å². The number of carbonyl (C=O) groups excluding carboxylic acids is 1. The highest BCUT2D eigenvalue weighted by Gasteiger charge is 2.31. The maximum absolute atomic E-state index is 12.2. The predicted molar refractivity (Wildman–Crippen MR) is 71.6 cm³/mol. The molecule has 3 nitrogen and oxygen atoms in total. The van der Waals surface area contributed by atoms with E-state index in [-0.39, 0.29) is 17.6 Å². The van der Waals surface area contributed by atoms with Gasteiger partial charge in [-0.1, -0.05) is 25.0 Å². The summed E-state index contributed by atoms with van der Waals surface area (Å²) >= 11 is 0. The van der Waals surface area contributed by atoms with Crippen molar-refractivity contribution < 1.29 is 22.7 Å². The first kappa shape index (κ1) is 15.7. The van der Waals surface area contributed by atoms with E-state index >= 15 is 0 Å². The van der Waals surface area contributed by atoms with Gasteiger partial charge in [-0.25, -0.2) is 0 Å². The molecule has 1 fully saturated rings. The molecule has 1 aromatic rings. The van der Waals surface area contributed by atoms with Gasteiger partial charge in [0.2, 0.25) is 5.91 Å². The minimum atomic E-state index is -4.68. The van der Waals surface area contributed by atoms with Crippen LogP contribution in [0.2, 0.25) is 0 Å². The van der Waals surface area contributed by atoms with E-state index in [1.165, 1.54) is 12.1 Å². The van der Waals surface area contributed by atoms with Gasteiger partial charge >= 0.3 is 6.36 Å². The van der Waals surface area contributed by atoms with Crippen LogP contribution in [-0.2, 0) is 11.3 Å². The maximum atomic E-state index is 12.2. The van der Waals surface area contributed by atoms with Crippen LogP contribution < -0.4 is 4.74 Å². The van der Waals surface area contributed by atoms with E-state index in [0.717, 1.165) is 31.2 Å². The molecule has 1 aromatic carbocycles. The average Bonchev–Trinajstić information content (AvgIpc) is 2.92. The molecule has 21 heavy (non-hydrogen) atoms. The summed E-state index contributed by atoms with van der Waals surface area (Å²) in [6.07, 6.45) is -0.638. The fourth-order valence-electron chi connectivity index (χ4n) is 2.63. The van der Waals surface area contributed by atoms with Crippen molar-refractivity contribution in [2.45, 2.75) is 38.6 Å². The maximum Gasteiger partial charge on any atom is 0.573 e. The Bertz CT molecular complexity index is 479. The van der Waals surface area contributed by atoms with Crippen molar-refractivity contribution >= 4 is 5.91 Å². The van der Waals surface area contributed by atoms with E-state index < -0.39 is 6.36 Å².